The van der Waals surface area contributed by atoms with Crippen LogP contribution in [0, 0.1) is 0 Å². The standard InChI is InChI=1S/C28H28N2O6S/c1-28(2,3)36-27(34)30-13-12-20-22(14-30)37-24(23(20)25(31)32)29-26(33)35-15-21-18-10-6-4-8-16(18)17-9-5-7-11-19(17)21/h4-11,21H,12-15H2,1-3H3,(H,29,33)(H,31,32). The smallest absolute Gasteiger partial charge is 0.412 e. The number of anilines is 1. The molecule has 1 aliphatic heterocycles. The van der Waals surface area contributed by atoms with E-state index in [0.29, 0.717) is 23.4 Å². The first-order valence-corrected chi connectivity index (χ1v) is 12.9. The molecule has 8 nitrogen and oxygen atoms in total. The van der Waals surface area contributed by atoms with E-state index in [1.165, 1.54) is 0 Å². The molecule has 2 amide bonds. The minimum atomic E-state index is -1.13. The second-order valence-corrected chi connectivity index (χ2v) is 11.2. The summed E-state index contributed by atoms with van der Waals surface area (Å²) in [6, 6.07) is 16.1. The van der Waals surface area contributed by atoms with Gasteiger partial charge in [0.05, 0.1) is 12.1 Å². The number of nitrogens with zero attached hydrogens (tertiary/aromatic N) is 1. The van der Waals surface area contributed by atoms with Crippen molar-refractivity contribution >= 4 is 34.5 Å². The SMILES string of the molecule is CC(C)(C)OC(=O)N1CCc2c(sc(NC(=O)OCC3c4ccccc4-c4ccccc43)c2C(=O)O)C1. The van der Waals surface area contributed by atoms with Gasteiger partial charge in [0, 0.05) is 17.3 Å². The lowest BCUT2D eigenvalue weighted by molar-refractivity contribution is 0.0226. The van der Waals surface area contributed by atoms with Gasteiger partial charge in [0.1, 0.15) is 17.2 Å². The first kappa shape index (κ1) is 24.8. The van der Waals surface area contributed by atoms with E-state index < -0.39 is 23.8 Å². The molecular weight excluding hydrogens is 492 g/mol. The fourth-order valence-corrected chi connectivity index (χ4v) is 6.17. The van der Waals surface area contributed by atoms with Gasteiger partial charge in [-0.15, -0.1) is 11.3 Å². The molecule has 5 rings (SSSR count). The summed E-state index contributed by atoms with van der Waals surface area (Å²) < 4.78 is 11.1. The fraction of sp³-hybridized carbons (Fsp3) is 0.321. The lowest BCUT2D eigenvalue weighted by atomic mass is 9.98. The quantitative estimate of drug-likeness (QED) is 0.431. The average Bonchev–Trinajstić information content (AvgIpc) is 3.36. The molecule has 2 aromatic carbocycles. The molecule has 1 aliphatic carbocycles. The molecule has 0 bridgehead atoms. The molecule has 0 saturated carbocycles. The molecule has 2 N–H and O–H groups in total. The Morgan fingerprint density at radius 3 is 2.27 bits per heavy atom. The van der Waals surface area contributed by atoms with Crippen LogP contribution in [0.2, 0.25) is 0 Å². The molecule has 9 heteroatoms. The predicted octanol–water partition coefficient (Wildman–Crippen LogP) is 6.10. The molecule has 0 spiro atoms. The van der Waals surface area contributed by atoms with E-state index in [1.807, 2.05) is 36.4 Å². The van der Waals surface area contributed by atoms with Crippen molar-refractivity contribution in [3.05, 3.63) is 75.7 Å². The Bertz CT molecular complexity index is 1340. The Balaban J connectivity index is 1.30. The Labute approximate surface area is 218 Å². The molecule has 0 fully saturated rings. The summed E-state index contributed by atoms with van der Waals surface area (Å²) in [4.78, 5) is 39.7. The van der Waals surface area contributed by atoms with E-state index in [-0.39, 0.29) is 29.6 Å². The van der Waals surface area contributed by atoms with Crippen molar-refractivity contribution in [2.75, 3.05) is 18.5 Å². The van der Waals surface area contributed by atoms with Crippen LogP contribution in [0.5, 0.6) is 0 Å². The van der Waals surface area contributed by atoms with Crippen molar-refractivity contribution in [2.45, 2.75) is 45.3 Å². The zero-order valence-corrected chi connectivity index (χ0v) is 21.7. The van der Waals surface area contributed by atoms with Gasteiger partial charge in [-0.1, -0.05) is 48.5 Å². The van der Waals surface area contributed by atoms with Crippen molar-refractivity contribution in [3.8, 4) is 11.1 Å². The van der Waals surface area contributed by atoms with E-state index in [9.17, 15) is 19.5 Å². The third-order valence-corrected chi connectivity index (χ3v) is 7.61. The second kappa shape index (κ2) is 9.55. The number of ether oxygens (including phenoxy) is 2. The molecule has 1 aromatic heterocycles. The third-order valence-electron chi connectivity index (χ3n) is 6.48. The molecule has 0 atom stereocenters. The van der Waals surface area contributed by atoms with Crippen LogP contribution < -0.4 is 5.32 Å². The van der Waals surface area contributed by atoms with Gasteiger partial charge in [-0.3, -0.25) is 5.32 Å². The van der Waals surface area contributed by atoms with E-state index in [1.54, 1.807) is 25.7 Å². The van der Waals surface area contributed by atoms with Crippen LogP contribution in [0.3, 0.4) is 0 Å². The summed E-state index contributed by atoms with van der Waals surface area (Å²) in [5.41, 5.74) is 4.49. The van der Waals surface area contributed by atoms with Crippen LogP contribution in [0.15, 0.2) is 48.5 Å². The van der Waals surface area contributed by atoms with Gasteiger partial charge < -0.3 is 19.5 Å². The zero-order chi connectivity index (χ0) is 26.3. The highest BCUT2D eigenvalue weighted by molar-refractivity contribution is 7.17. The Morgan fingerprint density at radius 2 is 1.68 bits per heavy atom. The molecular formula is C28H28N2O6S. The highest BCUT2D eigenvalue weighted by atomic mass is 32.1. The highest BCUT2D eigenvalue weighted by Crippen LogP contribution is 2.44. The second-order valence-electron chi connectivity index (χ2n) is 10.1. The number of carbonyl (C=O) groups excluding carboxylic acids is 2. The number of hydrogen-bond acceptors (Lipinski definition) is 6. The first-order chi connectivity index (χ1) is 17.6. The molecule has 3 aromatic rings. The van der Waals surface area contributed by atoms with E-state index in [2.05, 4.69) is 17.4 Å². The number of fused-ring (bicyclic) bond motifs is 4. The van der Waals surface area contributed by atoms with Gasteiger partial charge in [-0.2, -0.15) is 0 Å². The molecule has 2 aliphatic rings. The topological polar surface area (TPSA) is 105 Å². The van der Waals surface area contributed by atoms with Crippen molar-refractivity contribution in [3.63, 3.8) is 0 Å². The van der Waals surface area contributed by atoms with Gasteiger partial charge in [-0.25, -0.2) is 14.4 Å². The summed E-state index contributed by atoms with van der Waals surface area (Å²) in [6.07, 6.45) is -0.805. The summed E-state index contributed by atoms with van der Waals surface area (Å²) in [5, 5.41) is 12.7. The molecule has 0 radical (unpaired) electrons. The third kappa shape index (κ3) is 4.91. The van der Waals surface area contributed by atoms with E-state index >= 15 is 0 Å². The predicted molar refractivity (Wildman–Crippen MR) is 140 cm³/mol. The average molecular weight is 521 g/mol. The summed E-state index contributed by atoms with van der Waals surface area (Å²) in [6.45, 7) is 6.07. The van der Waals surface area contributed by atoms with Gasteiger partial charge in [-0.05, 0) is 55.0 Å². The fourth-order valence-electron chi connectivity index (χ4n) is 4.93. The first-order valence-electron chi connectivity index (χ1n) is 12.1. The summed E-state index contributed by atoms with van der Waals surface area (Å²) in [7, 11) is 0. The van der Waals surface area contributed by atoms with Crippen molar-refractivity contribution in [1.82, 2.24) is 4.90 Å². The lowest BCUT2D eigenvalue weighted by Gasteiger charge is -2.30. The molecule has 2 heterocycles. The van der Waals surface area contributed by atoms with Crippen LogP contribution in [0.4, 0.5) is 14.6 Å². The number of thiophene rings is 1. The number of amides is 2. The van der Waals surface area contributed by atoms with Gasteiger partial charge in [0.2, 0.25) is 0 Å². The van der Waals surface area contributed by atoms with Crippen molar-refractivity contribution in [2.24, 2.45) is 0 Å². The monoisotopic (exact) mass is 520 g/mol. The number of aromatic carboxylic acids is 1. The maximum absolute atomic E-state index is 12.8. The summed E-state index contributed by atoms with van der Waals surface area (Å²) >= 11 is 1.15. The maximum Gasteiger partial charge on any atom is 0.412 e. The van der Waals surface area contributed by atoms with Crippen LogP contribution in [0.1, 0.15) is 58.6 Å². The van der Waals surface area contributed by atoms with Crippen molar-refractivity contribution in [1.29, 1.82) is 0 Å². The Morgan fingerprint density at radius 1 is 1.05 bits per heavy atom. The van der Waals surface area contributed by atoms with E-state index in [4.69, 9.17) is 9.47 Å². The van der Waals surface area contributed by atoms with Gasteiger partial charge >= 0.3 is 18.2 Å². The Hall–Kier alpha value is -3.85. The largest absolute Gasteiger partial charge is 0.478 e. The molecule has 192 valence electrons. The van der Waals surface area contributed by atoms with Crippen LogP contribution >= 0.6 is 11.3 Å². The Kier molecular flexibility index (Phi) is 6.41. The number of carbonyl (C=O) groups is 3. The van der Waals surface area contributed by atoms with Gasteiger partial charge in [0.25, 0.3) is 0 Å². The number of carboxylic acid groups (broad SMARTS) is 1. The van der Waals surface area contributed by atoms with Crippen LogP contribution in [0.25, 0.3) is 11.1 Å². The molecule has 0 unspecified atom stereocenters. The number of nitrogens with one attached hydrogen (secondary N) is 1. The molecule has 37 heavy (non-hydrogen) atoms. The maximum atomic E-state index is 12.8. The van der Waals surface area contributed by atoms with Crippen LogP contribution in [-0.4, -0.2) is 46.9 Å². The minimum Gasteiger partial charge on any atom is -0.478 e. The van der Waals surface area contributed by atoms with Gasteiger partial charge in [0.15, 0.2) is 0 Å². The number of benzene rings is 2. The normalized spacial score (nSPS) is 14.4. The number of carboxylic acids is 1. The van der Waals surface area contributed by atoms with Crippen LogP contribution in [-0.2, 0) is 22.4 Å². The van der Waals surface area contributed by atoms with E-state index in [0.717, 1.165) is 33.6 Å². The number of rotatable bonds is 4. The summed E-state index contributed by atoms with van der Waals surface area (Å²) in [5.74, 6) is -1.23. The minimum absolute atomic E-state index is 0.0531. The highest BCUT2D eigenvalue weighted by Gasteiger charge is 2.33. The lowest BCUT2D eigenvalue weighted by Crippen LogP contribution is -2.39. The number of hydrogen-bond donors (Lipinski definition) is 2. The zero-order valence-electron chi connectivity index (χ0n) is 20.9. The molecule has 0 saturated heterocycles. The van der Waals surface area contributed by atoms with Crippen molar-refractivity contribution < 1.29 is 29.0 Å².